The number of aryl methyl sites for hydroxylation is 1. The first-order valence-corrected chi connectivity index (χ1v) is 13.1. The molecule has 0 bridgehead atoms. The lowest BCUT2D eigenvalue weighted by molar-refractivity contribution is -0.146. The van der Waals surface area contributed by atoms with Crippen LogP contribution in [0.4, 0.5) is 0 Å². The Bertz CT molecular complexity index is 764. The second-order valence-corrected chi connectivity index (χ2v) is 9.09. The first-order valence-electron chi connectivity index (χ1n) is 13.1. The van der Waals surface area contributed by atoms with E-state index in [0.717, 1.165) is 63.4 Å². The van der Waals surface area contributed by atoms with Crippen molar-refractivity contribution in [3.63, 3.8) is 0 Å². The number of hydrogen-bond acceptors (Lipinski definition) is 6. The van der Waals surface area contributed by atoms with E-state index < -0.39 is 11.9 Å². The number of esters is 3. The van der Waals surface area contributed by atoms with Crippen molar-refractivity contribution < 1.29 is 28.6 Å². The topological polar surface area (TPSA) is 78.9 Å². The van der Waals surface area contributed by atoms with E-state index in [1.807, 2.05) is 12.1 Å². The van der Waals surface area contributed by atoms with Gasteiger partial charge in [0.05, 0.1) is 0 Å². The number of carbonyl (C=O) groups is 3. The normalized spacial score (nSPS) is 11.9. The molecular formula is C29H44O6. The van der Waals surface area contributed by atoms with Crippen molar-refractivity contribution in [3.05, 3.63) is 35.9 Å². The Hall–Kier alpha value is -2.63. The van der Waals surface area contributed by atoms with E-state index in [4.69, 9.17) is 14.2 Å². The molecule has 0 N–H and O–H groups in total. The molecule has 0 aliphatic carbocycles. The Morgan fingerprint density at radius 1 is 0.743 bits per heavy atom. The molecule has 0 unspecified atom stereocenters. The fourth-order valence-electron chi connectivity index (χ4n) is 3.97. The zero-order valence-corrected chi connectivity index (χ0v) is 22.1. The SMILES string of the molecule is CCCCCC[C@@H](C/C=C\CCCCCCCc1cc(OC(C)=O)cc(OC(C)=O)c1)OC(C)=O. The molecule has 6 nitrogen and oxygen atoms in total. The third-order valence-corrected chi connectivity index (χ3v) is 5.58. The number of allylic oxidation sites excluding steroid dienone is 1. The third-order valence-electron chi connectivity index (χ3n) is 5.58. The van der Waals surface area contributed by atoms with Gasteiger partial charge in [0.15, 0.2) is 0 Å². The minimum Gasteiger partial charge on any atom is -0.462 e. The van der Waals surface area contributed by atoms with Crippen LogP contribution in [-0.2, 0) is 25.5 Å². The lowest BCUT2D eigenvalue weighted by Gasteiger charge is -2.15. The van der Waals surface area contributed by atoms with Gasteiger partial charge in [-0.15, -0.1) is 0 Å². The van der Waals surface area contributed by atoms with Crippen LogP contribution >= 0.6 is 0 Å². The van der Waals surface area contributed by atoms with Gasteiger partial charge in [-0.2, -0.15) is 0 Å². The van der Waals surface area contributed by atoms with Crippen LogP contribution in [0.2, 0.25) is 0 Å². The molecule has 6 heteroatoms. The van der Waals surface area contributed by atoms with Gasteiger partial charge in [0.25, 0.3) is 0 Å². The predicted octanol–water partition coefficient (Wildman–Crippen LogP) is 7.27. The van der Waals surface area contributed by atoms with E-state index >= 15 is 0 Å². The van der Waals surface area contributed by atoms with Gasteiger partial charge in [-0.05, 0) is 56.2 Å². The Kier molecular flexibility index (Phi) is 16.2. The molecule has 0 saturated heterocycles. The van der Waals surface area contributed by atoms with Crippen molar-refractivity contribution in [2.24, 2.45) is 0 Å². The average molecular weight is 489 g/mol. The molecule has 0 heterocycles. The minimum absolute atomic E-state index is 0.00122. The first-order chi connectivity index (χ1) is 16.8. The molecule has 1 aromatic carbocycles. The summed E-state index contributed by atoms with van der Waals surface area (Å²) in [5.41, 5.74) is 0.986. The molecule has 1 rings (SSSR count). The van der Waals surface area contributed by atoms with Gasteiger partial charge in [0.1, 0.15) is 17.6 Å². The van der Waals surface area contributed by atoms with E-state index in [1.54, 1.807) is 6.07 Å². The highest BCUT2D eigenvalue weighted by Crippen LogP contribution is 2.25. The fourth-order valence-corrected chi connectivity index (χ4v) is 3.97. The summed E-state index contributed by atoms with van der Waals surface area (Å²) < 4.78 is 15.8. The number of benzene rings is 1. The van der Waals surface area contributed by atoms with Gasteiger partial charge in [0, 0.05) is 33.3 Å². The largest absolute Gasteiger partial charge is 0.462 e. The summed E-state index contributed by atoms with van der Waals surface area (Å²) in [5, 5.41) is 0. The summed E-state index contributed by atoms with van der Waals surface area (Å²) >= 11 is 0. The molecule has 0 amide bonds. The standard InChI is InChI=1S/C29H44O6/c1-5-6-7-15-18-27(33-23(2)30)19-16-13-11-9-8-10-12-14-17-26-20-28(34-24(3)31)22-29(21-26)35-25(4)32/h13,16,20-22,27H,5-12,14-15,17-19H2,1-4H3/b16-13-/t27-/m0/s1. The van der Waals surface area contributed by atoms with Gasteiger partial charge in [-0.3, -0.25) is 14.4 Å². The first kappa shape index (κ1) is 30.4. The van der Waals surface area contributed by atoms with Crippen LogP contribution in [0.15, 0.2) is 30.4 Å². The van der Waals surface area contributed by atoms with Gasteiger partial charge in [-0.25, -0.2) is 0 Å². The Morgan fingerprint density at radius 3 is 1.94 bits per heavy atom. The second kappa shape index (κ2) is 18.7. The number of unbranched alkanes of at least 4 members (excludes halogenated alkanes) is 8. The van der Waals surface area contributed by atoms with E-state index in [2.05, 4.69) is 19.1 Å². The molecule has 0 radical (unpaired) electrons. The van der Waals surface area contributed by atoms with Crippen LogP contribution in [0.3, 0.4) is 0 Å². The maximum absolute atomic E-state index is 11.3. The summed E-state index contributed by atoms with van der Waals surface area (Å²) in [4.78, 5) is 33.9. The second-order valence-electron chi connectivity index (χ2n) is 9.09. The zero-order valence-electron chi connectivity index (χ0n) is 22.1. The van der Waals surface area contributed by atoms with Crippen LogP contribution in [-0.4, -0.2) is 24.0 Å². The maximum atomic E-state index is 11.3. The van der Waals surface area contributed by atoms with Crippen molar-refractivity contribution in [1.29, 1.82) is 0 Å². The van der Waals surface area contributed by atoms with E-state index in [0.29, 0.717) is 11.5 Å². The molecule has 35 heavy (non-hydrogen) atoms. The van der Waals surface area contributed by atoms with Gasteiger partial charge in [0.2, 0.25) is 0 Å². The maximum Gasteiger partial charge on any atom is 0.308 e. The Balaban J connectivity index is 2.27. The van der Waals surface area contributed by atoms with Crippen molar-refractivity contribution in [2.75, 3.05) is 0 Å². The number of rotatable bonds is 18. The molecule has 0 aliphatic rings. The van der Waals surface area contributed by atoms with Crippen LogP contribution in [0.25, 0.3) is 0 Å². The van der Waals surface area contributed by atoms with Crippen LogP contribution in [0.1, 0.15) is 110 Å². The Morgan fingerprint density at radius 2 is 1.34 bits per heavy atom. The highest BCUT2D eigenvalue weighted by Gasteiger charge is 2.10. The highest BCUT2D eigenvalue weighted by atomic mass is 16.5. The molecule has 0 aliphatic heterocycles. The molecule has 1 aromatic rings. The Labute approximate surface area is 211 Å². The van der Waals surface area contributed by atoms with Crippen molar-refractivity contribution >= 4 is 17.9 Å². The third kappa shape index (κ3) is 16.6. The zero-order chi connectivity index (χ0) is 25.9. The summed E-state index contributed by atoms with van der Waals surface area (Å²) in [6.07, 6.45) is 18.3. The number of ether oxygens (including phenoxy) is 3. The van der Waals surface area contributed by atoms with Gasteiger partial charge in [-0.1, -0.05) is 57.6 Å². The lowest BCUT2D eigenvalue weighted by Crippen LogP contribution is -2.15. The van der Waals surface area contributed by atoms with Crippen LogP contribution in [0.5, 0.6) is 11.5 Å². The quantitative estimate of drug-likeness (QED) is 0.0936. The van der Waals surface area contributed by atoms with E-state index in [9.17, 15) is 14.4 Å². The monoisotopic (exact) mass is 488 g/mol. The number of hydrogen-bond donors (Lipinski definition) is 0. The molecule has 0 fully saturated rings. The lowest BCUT2D eigenvalue weighted by atomic mass is 10.0. The van der Waals surface area contributed by atoms with Crippen LogP contribution in [0, 0.1) is 0 Å². The minimum atomic E-state index is -0.404. The van der Waals surface area contributed by atoms with Gasteiger partial charge < -0.3 is 14.2 Å². The predicted molar refractivity (Wildman–Crippen MR) is 139 cm³/mol. The van der Waals surface area contributed by atoms with E-state index in [-0.39, 0.29) is 12.1 Å². The van der Waals surface area contributed by atoms with Crippen molar-refractivity contribution in [3.8, 4) is 11.5 Å². The van der Waals surface area contributed by atoms with Crippen molar-refractivity contribution in [1.82, 2.24) is 0 Å². The summed E-state index contributed by atoms with van der Waals surface area (Å²) in [6.45, 7) is 6.37. The summed E-state index contributed by atoms with van der Waals surface area (Å²) in [7, 11) is 0. The molecule has 196 valence electrons. The molecule has 0 saturated carbocycles. The smallest absolute Gasteiger partial charge is 0.308 e. The van der Waals surface area contributed by atoms with Crippen LogP contribution < -0.4 is 9.47 Å². The number of carbonyl (C=O) groups excluding carboxylic acids is 3. The highest BCUT2D eigenvalue weighted by molar-refractivity contribution is 5.71. The van der Waals surface area contributed by atoms with Gasteiger partial charge >= 0.3 is 17.9 Å². The van der Waals surface area contributed by atoms with E-state index in [1.165, 1.54) is 46.5 Å². The molecule has 0 spiro atoms. The molecule has 1 atom stereocenters. The molecule has 0 aromatic heterocycles. The fraction of sp³-hybridized carbons (Fsp3) is 0.621. The van der Waals surface area contributed by atoms with Crippen molar-refractivity contribution in [2.45, 2.75) is 117 Å². The molecular weight excluding hydrogens is 444 g/mol. The summed E-state index contributed by atoms with van der Waals surface area (Å²) in [6, 6.07) is 5.21. The average Bonchev–Trinajstić information content (AvgIpc) is 2.76. The summed E-state index contributed by atoms with van der Waals surface area (Å²) in [5.74, 6) is -0.206.